The Bertz CT molecular complexity index is 575. The van der Waals surface area contributed by atoms with Gasteiger partial charge < -0.3 is 14.6 Å². The molecule has 3 rings (SSSR count). The van der Waals surface area contributed by atoms with Crippen molar-refractivity contribution in [1.29, 1.82) is 0 Å². The molecule has 2 aromatic heterocycles. The summed E-state index contributed by atoms with van der Waals surface area (Å²) in [5.74, 6) is 1.99. The van der Waals surface area contributed by atoms with E-state index in [4.69, 9.17) is 4.98 Å². The monoisotopic (exact) mass is 272 g/mol. The van der Waals surface area contributed by atoms with Crippen LogP contribution >= 0.6 is 0 Å². The van der Waals surface area contributed by atoms with Crippen LogP contribution in [0.4, 0.5) is 5.82 Å². The second-order valence-electron chi connectivity index (χ2n) is 5.70. The summed E-state index contributed by atoms with van der Waals surface area (Å²) in [6.45, 7) is 5.44. The van der Waals surface area contributed by atoms with Crippen molar-refractivity contribution in [2.24, 2.45) is 5.92 Å². The average molecular weight is 272 g/mol. The molecule has 1 fully saturated rings. The highest BCUT2D eigenvalue weighted by molar-refractivity contribution is 5.56. The molecule has 1 aliphatic rings. The third kappa shape index (κ3) is 2.40. The molecule has 0 saturated carbocycles. The van der Waals surface area contributed by atoms with E-state index in [1.165, 1.54) is 30.8 Å². The van der Waals surface area contributed by atoms with E-state index in [-0.39, 0.29) is 0 Å². The Balaban J connectivity index is 1.99. The van der Waals surface area contributed by atoms with E-state index in [9.17, 15) is 0 Å². The van der Waals surface area contributed by atoms with Gasteiger partial charge in [-0.3, -0.25) is 0 Å². The Labute approximate surface area is 120 Å². The van der Waals surface area contributed by atoms with E-state index >= 15 is 0 Å². The normalized spacial score (nSPS) is 19.7. The molecule has 3 heterocycles. The SMILES string of the molecule is CCC1CCCN(c2nc3ccccn3c2CNC)C1. The Morgan fingerprint density at radius 1 is 1.40 bits per heavy atom. The van der Waals surface area contributed by atoms with Crippen LogP contribution < -0.4 is 10.2 Å². The minimum absolute atomic E-state index is 0.816. The van der Waals surface area contributed by atoms with Gasteiger partial charge in [-0.2, -0.15) is 0 Å². The maximum Gasteiger partial charge on any atom is 0.152 e. The molecule has 4 nitrogen and oxygen atoms in total. The summed E-state index contributed by atoms with van der Waals surface area (Å²) >= 11 is 0. The smallest absolute Gasteiger partial charge is 0.152 e. The highest BCUT2D eigenvalue weighted by atomic mass is 15.2. The molecule has 0 radical (unpaired) electrons. The van der Waals surface area contributed by atoms with Crippen LogP contribution in [-0.4, -0.2) is 29.5 Å². The average Bonchev–Trinajstić information content (AvgIpc) is 2.87. The number of rotatable bonds is 4. The first kappa shape index (κ1) is 13.4. The molecule has 4 heteroatoms. The van der Waals surface area contributed by atoms with E-state index in [2.05, 4.69) is 45.9 Å². The summed E-state index contributed by atoms with van der Waals surface area (Å²) in [7, 11) is 2.00. The summed E-state index contributed by atoms with van der Waals surface area (Å²) in [5, 5.41) is 3.28. The maximum atomic E-state index is 4.87. The molecule has 20 heavy (non-hydrogen) atoms. The van der Waals surface area contributed by atoms with Gasteiger partial charge in [0.05, 0.1) is 5.69 Å². The standard InChI is InChI=1S/C16H24N4/c1-3-13-7-6-9-19(12-13)16-14(11-17-2)20-10-5-4-8-15(20)18-16/h4-5,8,10,13,17H,3,6-7,9,11-12H2,1-2H3. The first-order valence-corrected chi connectivity index (χ1v) is 7.69. The van der Waals surface area contributed by atoms with Crippen molar-refractivity contribution in [1.82, 2.24) is 14.7 Å². The Morgan fingerprint density at radius 2 is 2.30 bits per heavy atom. The molecule has 0 amide bonds. The molecule has 1 unspecified atom stereocenters. The molecule has 1 atom stereocenters. The number of nitrogens with one attached hydrogen (secondary N) is 1. The van der Waals surface area contributed by atoms with Gasteiger partial charge in [0.1, 0.15) is 5.65 Å². The molecule has 0 aliphatic carbocycles. The van der Waals surface area contributed by atoms with Crippen LogP contribution in [0.3, 0.4) is 0 Å². The molecule has 0 spiro atoms. The minimum atomic E-state index is 0.816. The zero-order valence-electron chi connectivity index (χ0n) is 12.5. The summed E-state index contributed by atoms with van der Waals surface area (Å²) in [6.07, 6.45) is 6.03. The minimum Gasteiger partial charge on any atom is -0.355 e. The number of hydrogen-bond acceptors (Lipinski definition) is 3. The van der Waals surface area contributed by atoms with Crippen molar-refractivity contribution in [2.75, 3.05) is 25.0 Å². The largest absolute Gasteiger partial charge is 0.355 e. The predicted octanol–water partition coefficient (Wildman–Crippen LogP) is 2.68. The van der Waals surface area contributed by atoms with E-state index in [1.54, 1.807) is 0 Å². The van der Waals surface area contributed by atoms with E-state index in [0.29, 0.717) is 0 Å². The number of piperidine rings is 1. The van der Waals surface area contributed by atoms with Crippen LogP contribution in [0.1, 0.15) is 31.9 Å². The molecule has 0 bridgehead atoms. The first-order valence-electron chi connectivity index (χ1n) is 7.69. The van der Waals surface area contributed by atoms with Crippen LogP contribution in [-0.2, 0) is 6.54 Å². The number of nitrogens with zero attached hydrogens (tertiary/aromatic N) is 3. The van der Waals surface area contributed by atoms with Gasteiger partial charge in [0.15, 0.2) is 5.82 Å². The van der Waals surface area contributed by atoms with Gasteiger partial charge in [-0.25, -0.2) is 4.98 Å². The lowest BCUT2D eigenvalue weighted by molar-refractivity contribution is 0.402. The maximum absolute atomic E-state index is 4.87. The Kier molecular flexibility index (Phi) is 3.92. The third-order valence-electron chi connectivity index (χ3n) is 4.35. The number of aromatic nitrogens is 2. The number of fused-ring (bicyclic) bond motifs is 1. The number of hydrogen-bond donors (Lipinski definition) is 1. The van der Waals surface area contributed by atoms with Gasteiger partial charge >= 0.3 is 0 Å². The summed E-state index contributed by atoms with van der Waals surface area (Å²) in [5.41, 5.74) is 2.33. The van der Waals surface area contributed by atoms with Crippen molar-refractivity contribution in [3.63, 3.8) is 0 Å². The van der Waals surface area contributed by atoms with Crippen molar-refractivity contribution < 1.29 is 0 Å². The molecule has 1 N–H and O–H groups in total. The lowest BCUT2D eigenvalue weighted by Gasteiger charge is -2.33. The topological polar surface area (TPSA) is 32.6 Å². The van der Waals surface area contributed by atoms with Gasteiger partial charge in [0.2, 0.25) is 0 Å². The molecule has 1 saturated heterocycles. The first-order chi connectivity index (χ1) is 9.83. The van der Waals surface area contributed by atoms with Crippen molar-refractivity contribution in [2.45, 2.75) is 32.7 Å². The fourth-order valence-corrected chi connectivity index (χ4v) is 3.21. The zero-order chi connectivity index (χ0) is 13.9. The highest BCUT2D eigenvalue weighted by Gasteiger charge is 2.23. The Hall–Kier alpha value is -1.55. The number of imidazole rings is 1. The van der Waals surface area contributed by atoms with Crippen molar-refractivity contribution in [3.05, 3.63) is 30.1 Å². The van der Waals surface area contributed by atoms with E-state index in [1.807, 2.05) is 7.05 Å². The Morgan fingerprint density at radius 3 is 3.10 bits per heavy atom. The van der Waals surface area contributed by atoms with Gasteiger partial charge in [0.25, 0.3) is 0 Å². The quantitative estimate of drug-likeness (QED) is 0.929. The van der Waals surface area contributed by atoms with Crippen LogP contribution in [0.25, 0.3) is 5.65 Å². The van der Waals surface area contributed by atoms with E-state index < -0.39 is 0 Å². The highest BCUT2D eigenvalue weighted by Crippen LogP contribution is 2.27. The fourth-order valence-electron chi connectivity index (χ4n) is 3.21. The van der Waals surface area contributed by atoms with Crippen LogP contribution in [0.2, 0.25) is 0 Å². The van der Waals surface area contributed by atoms with Crippen LogP contribution in [0.15, 0.2) is 24.4 Å². The molecular formula is C16H24N4. The number of anilines is 1. The van der Waals surface area contributed by atoms with Crippen LogP contribution in [0.5, 0.6) is 0 Å². The lowest BCUT2D eigenvalue weighted by Crippen LogP contribution is -2.36. The predicted molar refractivity (Wildman–Crippen MR) is 83.2 cm³/mol. The molecule has 0 aromatic carbocycles. The fraction of sp³-hybridized carbons (Fsp3) is 0.562. The molecular weight excluding hydrogens is 248 g/mol. The third-order valence-corrected chi connectivity index (χ3v) is 4.35. The van der Waals surface area contributed by atoms with Gasteiger partial charge in [-0.15, -0.1) is 0 Å². The summed E-state index contributed by atoms with van der Waals surface area (Å²) < 4.78 is 2.21. The molecule has 1 aliphatic heterocycles. The summed E-state index contributed by atoms with van der Waals surface area (Å²) in [4.78, 5) is 7.36. The number of pyridine rings is 1. The van der Waals surface area contributed by atoms with E-state index in [0.717, 1.165) is 31.2 Å². The van der Waals surface area contributed by atoms with Crippen molar-refractivity contribution in [3.8, 4) is 0 Å². The second kappa shape index (κ2) is 5.83. The zero-order valence-corrected chi connectivity index (χ0v) is 12.5. The van der Waals surface area contributed by atoms with Crippen LogP contribution in [0, 0.1) is 5.92 Å². The van der Waals surface area contributed by atoms with Gasteiger partial charge in [-0.05, 0) is 37.9 Å². The lowest BCUT2D eigenvalue weighted by atomic mass is 9.95. The second-order valence-corrected chi connectivity index (χ2v) is 5.70. The van der Waals surface area contributed by atoms with Crippen molar-refractivity contribution >= 4 is 11.5 Å². The molecule has 108 valence electrons. The van der Waals surface area contributed by atoms with Gasteiger partial charge in [-0.1, -0.05) is 19.4 Å². The molecule has 2 aromatic rings. The summed E-state index contributed by atoms with van der Waals surface area (Å²) in [6, 6.07) is 6.22. The van der Waals surface area contributed by atoms with Gasteiger partial charge in [0, 0.05) is 25.8 Å².